The zero-order valence-corrected chi connectivity index (χ0v) is 10.2. The second-order valence-corrected chi connectivity index (χ2v) is 3.66. The van der Waals surface area contributed by atoms with Gasteiger partial charge in [-0.1, -0.05) is 0 Å². The summed E-state index contributed by atoms with van der Waals surface area (Å²) in [5.74, 6) is -2.01. The van der Waals surface area contributed by atoms with Gasteiger partial charge in [0.2, 0.25) is 0 Å². The Labute approximate surface area is 99.5 Å². The SMILES string of the molecule is COC(=O)C(CCc1cnn(C)c1)C(=O)OC. The Bertz CT molecular complexity index is 384. The van der Waals surface area contributed by atoms with Crippen molar-refractivity contribution in [2.24, 2.45) is 13.0 Å². The molecule has 0 aliphatic carbocycles. The van der Waals surface area contributed by atoms with Crippen LogP contribution in [-0.4, -0.2) is 35.9 Å². The molecule has 1 heterocycles. The van der Waals surface area contributed by atoms with Crippen LogP contribution in [0.2, 0.25) is 0 Å². The fourth-order valence-electron chi connectivity index (χ4n) is 1.53. The van der Waals surface area contributed by atoms with Crippen molar-refractivity contribution in [3.05, 3.63) is 18.0 Å². The van der Waals surface area contributed by atoms with Crippen molar-refractivity contribution in [3.8, 4) is 0 Å². The molecule has 6 heteroatoms. The number of carbonyl (C=O) groups is 2. The first-order chi connectivity index (χ1) is 8.08. The van der Waals surface area contributed by atoms with Gasteiger partial charge in [-0.3, -0.25) is 14.3 Å². The minimum Gasteiger partial charge on any atom is -0.468 e. The molecule has 0 atom stereocenters. The van der Waals surface area contributed by atoms with Crippen molar-refractivity contribution in [1.82, 2.24) is 9.78 Å². The van der Waals surface area contributed by atoms with Crippen molar-refractivity contribution in [1.29, 1.82) is 0 Å². The molecule has 0 saturated carbocycles. The largest absolute Gasteiger partial charge is 0.468 e. The van der Waals surface area contributed by atoms with Gasteiger partial charge in [0.15, 0.2) is 5.92 Å². The summed E-state index contributed by atoms with van der Waals surface area (Å²) < 4.78 is 10.8. The lowest BCUT2D eigenvalue weighted by molar-refractivity contribution is -0.159. The molecule has 0 aliphatic heterocycles. The summed E-state index contributed by atoms with van der Waals surface area (Å²) in [7, 11) is 4.31. The van der Waals surface area contributed by atoms with E-state index in [9.17, 15) is 9.59 Å². The highest BCUT2D eigenvalue weighted by Crippen LogP contribution is 2.12. The lowest BCUT2D eigenvalue weighted by atomic mass is 10.0. The minimum atomic E-state index is -0.870. The number of hydrogen-bond donors (Lipinski definition) is 0. The number of methoxy groups -OCH3 is 2. The lowest BCUT2D eigenvalue weighted by Crippen LogP contribution is -2.27. The predicted molar refractivity (Wildman–Crippen MR) is 59.1 cm³/mol. The Balaban J connectivity index is 2.61. The third-order valence-electron chi connectivity index (χ3n) is 2.45. The maximum Gasteiger partial charge on any atom is 0.320 e. The third kappa shape index (κ3) is 3.58. The molecule has 0 amide bonds. The van der Waals surface area contributed by atoms with E-state index in [0.717, 1.165) is 5.56 Å². The highest BCUT2D eigenvalue weighted by atomic mass is 16.5. The highest BCUT2D eigenvalue weighted by Gasteiger charge is 2.28. The molecule has 0 spiro atoms. The molecule has 1 aromatic rings. The standard InChI is InChI=1S/C11H16N2O4/c1-13-7-8(6-12-13)4-5-9(10(14)16-2)11(15)17-3/h6-7,9H,4-5H2,1-3H3. The summed E-state index contributed by atoms with van der Waals surface area (Å²) >= 11 is 0. The molecule has 0 fully saturated rings. The zero-order chi connectivity index (χ0) is 12.8. The van der Waals surface area contributed by atoms with Crippen LogP contribution < -0.4 is 0 Å². The lowest BCUT2D eigenvalue weighted by Gasteiger charge is -2.11. The second-order valence-electron chi connectivity index (χ2n) is 3.66. The van der Waals surface area contributed by atoms with Crippen LogP contribution in [-0.2, 0) is 32.5 Å². The van der Waals surface area contributed by atoms with Crippen LogP contribution in [0, 0.1) is 5.92 Å². The smallest absolute Gasteiger partial charge is 0.320 e. The number of aryl methyl sites for hydroxylation is 2. The van der Waals surface area contributed by atoms with E-state index in [4.69, 9.17) is 0 Å². The van der Waals surface area contributed by atoms with Crippen LogP contribution in [0.1, 0.15) is 12.0 Å². The number of ether oxygens (including phenoxy) is 2. The first-order valence-electron chi connectivity index (χ1n) is 5.21. The molecular formula is C11H16N2O4. The summed E-state index contributed by atoms with van der Waals surface area (Å²) in [6, 6.07) is 0. The van der Waals surface area contributed by atoms with Crippen LogP contribution in [0.25, 0.3) is 0 Å². The van der Waals surface area contributed by atoms with E-state index in [1.54, 1.807) is 10.9 Å². The molecule has 0 bridgehead atoms. The quantitative estimate of drug-likeness (QED) is 0.547. The van der Waals surface area contributed by atoms with Crippen molar-refractivity contribution in [2.75, 3.05) is 14.2 Å². The molecule has 1 aromatic heterocycles. The molecule has 0 saturated heterocycles. The van der Waals surface area contributed by atoms with Gasteiger partial charge in [-0.25, -0.2) is 0 Å². The van der Waals surface area contributed by atoms with Gasteiger partial charge in [0.05, 0.1) is 20.4 Å². The Kier molecular flexibility index (Phi) is 4.68. The molecule has 6 nitrogen and oxygen atoms in total. The Morgan fingerprint density at radius 1 is 1.35 bits per heavy atom. The zero-order valence-electron chi connectivity index (χ0n) is 10.2. The van der Waals surface area contributed by atoms with Gasteiger partial charge >= 0.3 is 11.9 Å². The predicted octanol–water partition coefficient (Wildman–Crippen LogP) is 0.315. The summed E-state index contributed by atoms with van der Waals surface area (Å²) in [4.78, 5) is 22.8. The van der Waals surface area contributed by atoms with Gasteiger partial charge in [-0.2, -0.15) is 5.10 Å². The maximum absolute atomic E-state index is 11.4. The first-order valence-corrected chi connectivity index (χ1v) is 5.21. The molecule has 0 aromatic carbocycles. The van der Waals surface area contributed by atoms with E-state index < -0.39 is 17.9 Å². The molecule has 0 radical (unpaired) electrons. The minimum absolute atomic E-state index is 0.352. The van der Waals surface area contributed by atoms with E-state index in [-0.39, 0.29) is 0 Å². The van der Waals surface area contributed by atoms with Crippen molar-refractivity contribution >= 4 is 11.9 Å². The van der Waals surface area contributed by atoms with E-state index in [0.29, 0.717) is 12.8 Å². The second kappa shape index (κ2) is 6.03. The average molecular weight is 240 g/mol. The topological polar surface area (TPSA) is 70.4 Å². The molecule has 17 heavy (non-hydrogen) atoms. The van der Waals surface area contributed by atoms with E-state index >= 15 is 0 Å². The van der Waals surface area contributed by atoms with E-state index in [1.165, 1.54) is 14.2 Å². The van der Waals surface area contributed by atoms with Crippen molar-refractivity contribution in [2.45, 2.75) is 12.8 Å². The number of hydrogen-bond acceptors (Lipinski definition) is 5. The van der Waals surface area contributed by atoms with E-state index in [2.05, 4.69) is 14.6 Å². The van der Waals surface area contributed by atoms with E-state index in [1.807, 2.05) is 13.2 Å². The van der Waals surface area contributed by atoms with Gasteiger partial charge in [0.25, 0.3) is 0 Å². The number of aromatic nitrogens is 2. The number of nitrogens with zero attached hydrogens (tertiary/aromatic N) is 2. The highest BCUT2D eigenvalue weighted by molar-refractivity contribution is 5.94. The fourth-order valence-corrected chi connectivity index (χ4v) is 1.53. The summed E-state index contributed by atoms with van der Waals surface area (Å²) in [5, 5.41) is 4.01. The maximum atomic E-state index is 11.4. The van der Waals surface area contributed by atoms with Crippen LogP contribution in [0.15, 0.2) is 12.4 Å². The molecule has 0 N–H and O–H groups in total. The van der Waals surface area contributed by atoms with Crippen LogP contribution in [0.4, 0.5) is 0 Å². The number of rotatable bonds is 5. The molecule has 94 valence electrons. The fraction of sp³-hybridized carbons (Fsp3) is 0.545. The Morgan fingerprint density at radius 3 is 2.35 bits per heavy atom. The van der Waals surface area contributed by atoms with Gasteiger partial charge in [-0.05, 0) is 18.4 Å². The summed E-state index contributed by atoms with van der Waals surface area (Å²) in [6.45, 7) is 0. The average Bonchev–Trinajstić information content (AvgIpc) is 2.74. The third-order valence-corrected chi connectivity index (χ3v) is 2.45. The van der Waals surface area contributed by atoms with Gasteiger partial charge in [0.1, 0.15) is 0 Å². The number of esters is 2. The summed E-state index contributed by atoms with van der Waals surface area (Å²) in [5.41, 5.74) is 0.963. The monoisotopic (exact) mass is 240 g/mol. The molecule has 0 aliphatic rings. The van der Waals surface area contributed by atoms with Gasteiger partial charge in [0, 0.05) is 13.2 Å². The molecular weight excluding hydrogens is 224 g/mol. The number of carbonyl (C=O) groups excluding carboxylic acids is 2. The summed E-state index contributed by atoms with van der Waals surface area (Å²) in [6.07, 6.45) is 4.46. The van der Waals surface area contributed by atoms with Crippen molar-refractivity contribution in [3.63, 3.8) is 0 Å². The van der Waals surface area contributed by atoms with Gasteiger partial charge < -0.3 is 9.47 Å². The molecule has 1 rings (SSSR count). The van der Waals surface area contributed by atoms with Crippen LogP contribution in [0.5, 0.6) is 0 Å². The normalized spacial score (nSPS) is 10.4. The van der Waals surface area contributed by atoms with Crippen LogP contribution >= 0.6 is 0 Å². The Morgan fingerprint density at radius 2 is 1.94 bits per heavy atom. The van der Waals surface area contributed by atoms with Crippen LogP contribution in [0.3, 0.4) is 0 Å². The van der Waals surface area contributed by atoms with Gasteiger partial charge in [-0.15, -0.1) is 0 Å². The molecule has 0 unspecified atom stereocenters. The first kappa shape index (κ1) is 13.2. The Hall–Kier alpha value is -1.85. The van der Waals surface area contributed by atoms with Crippen molar-refractivity contribution < 1.29 is 19.1 Å².